The maximum Gasteiger partial charge on any atom is 0.317 e. The van der Waals surface area contributed by atoms with E-state index in [1.165, 1.54) is 0 Å². The fraction of sp³-hybridized carbons (Fsp3) is 0.500. The highest BCUT2D eigenvalue weighted by atomic mass is 32.1. The molecular weight excluding hydrogens is 288 g/mol. The van der Waals surface area contributed by atoms with E-state index in [9.17, 15) is 4.79 Å². The molecule has 2 amide bonds. The SMILES string of the molecule is CC(C)c1noc(C2CN(C(=O)NCc3cccs3)C2)n1. The number of nitrogens with zero attached hydrogens (tertiary/aromatic N) is 3. The molecule has 1 N–H and O–H groups in total. The number of hydrogen-bond donors (Lipinski definition) is 1. The molecule has 2 aromatic heterocycles. The first-order chi connectivity index (χ1) is 10.1. The van der Waals surface area contributed by atoms with Gasteiger partial charge in [0.15, 0.2) is 5.82 Å². The molecule has 1 saturated heterocycles. The summed E-state index contributed by atoms with van der Waals surface area (Å²) in [4.78, 5) is 19.3. The lowest BCUT2D eigenvalue weighted by molar-refractivity contribution is 0.136. The van der Waals surface area contributed by atoms with Crippen molar-refractivity contribution < 1.29 is 9.32 Å². The molecule has 0 spiro atoms. The highest BCUT2D eigenvalue weighted by Crippen LogP contribution is 2.26. The number of aromatic nitrogens is 2. The van der Waals surface area contributed by atoms with E-state index in [0.29, 0.717) is 25.5 Å². The molecule has 0 bridgehead atoms. The molecule has 0 saturated carbocycles. The van der Waals surface area contributed by atoms with Crippen molar-refractivity contribution in [1.82, 2.24) is 20.4 Å². The van der Waals surface area contributed by atoms with E-state index in [0.717, 1.165) is 10.7 Å². The molecule has 0 unspecified atom stereocenters. The summed E-state index contributed by atoms with van der Waals surface area (Å²) in [5.74, 6) is 1.79. The van der Waals surface area contributed by atoms with Crippen LogP contribution in [0.1, 0.15) is 42.3 Å². The van der Waals surface area contributed by atoms with Crippen LogP contribution >= 0.6 is 11.3 Å². The van der Waals surface area contributed by atoms with Gasteiger partial charge < -0.3 is 14.7 Å². The van der Waals surface area contributed by atoms with Gasteiger partial charge in [0.1, 0.15) is 0 Å². The molecule has 7 heteroatoms. The second-order valence-electron chi connectivity index (χ2n) is 5.49. The molecule has 0 atom stereocenters. The van der Waals surface area contributed by atoms with Gasteiger partial charge in [0, 0.05) is 23.9 Å². The van der Waals surface area contributed by atoms with Crippen molar-refractivity contribution in [3.8, 4) is 0 Å². The predicted octanol–water partition coefficient (Wildman–Crippen LogP) is 2.56. The molecule has 3 rings (SSSR count). The number of carbonyl (C=O) groups excluding carboxylic acids is 1. The Bertz CT molecular complexity index is 602. The van der Waals surface area contributed by atoms with Crippen LogP contribution in [0.3, 0.4) is 0 Å². The van der Waals surface area contributed by atoms with E-state index in [4.69, 9.17) is 4.52 Å². The fourth-order valence-corrected chi connectivity index (χ4v) is 2.78. The molecule has 1 aliphatic rings. The zero-order valence-electron chi connectivity index (χ0n) is 12.1. The minimum Gasteiger partial charge on any atom is -0.339 e. The molecule has 0 radical (unpaired) electrons. The molecule has 6 nitrogen and oxygen atoms in total. The van der Waals surface area contributed by atoms with E-state index in [2.05, 4.69) is 15.5 Å². The van der Waals surface area contributed by atoms with Crippen molar-refractivity contribution in [3.05, 3.63) is 34.1 Å². The molecule has 0 aromatic carbocycles. The van der Waals surface area contributed by atoms with E-state index in [-0.39, 0.29) is 17.9 Å². The number of urea groups is 1. The minimum absolute atomic E-state index is 0.0387. The summed E-state index contributed by atoms with van der Waals surface area (Å²) in [6.07, 6.45) is 0. The van der Waals surface area contributed by atoms with Gasteiger partial charge in [-0.25, -0.2) is 4.79 Å². The summed E-state index contributed by atoms with van der Waals surface area (Å²) in [5.41, 5.74) is 0. The van der Waals surface area contributed by atoms with Crippen molar-refractivity contribution in [3.63, 3.8) is 0 Å². The first-order valence-corrected chi connectivity index (χ1v) is 7.90. The molecule has 112 valence electrons. The second-order valence-corrected chi connectivity index (χ2v) is 6.52. The first kappa shape index (κ1) is 14.1. The lowest BCUT2D eigenvalue weighted by Gasteiger charge is -2.36. The third-order valence-electron chi connectivity index (χ3n) is 3.49. The summed E-state index contributed by atoms with van der Waals surface area (Å²) in [5, 5.41) is 8.87. The largest absolute Gasteiger partial charge is 0.339 e. The van der Waals surface area contributed by atoms with Gasteiger partial charge in [-0.15, -0.1) is 11.3 Å². The van der Waals surface area contributed by atoms with E-state index in [1.807, 2.05) is 31.4 Å². The first-order valence-electron chi connectivity index (χ1n) is 7.02. The van der Waals surface area contributed by atoms with Crippen LogP contribution in [-0.2, 0) is 6.54 Å². The highest BCUT2D eigenvalue weighted by Gasteiger charge is 2.35. The van der Waals surface area contributed by atoms with Gasteiger partial charge in [-0.05, 0) is 11.4 Å². The van der Waals surface area contributed by atoms with Gasteiger partial charge in [-0.2, -0.15) is 4.98 Å². The van der Waals surface area contributed by atoms with Crippen LogP contribution in [0.5, 0.6) is 0 Å². The number of thiophene rings is 1. The fourth-order valence-electron chi connectivity index (χ4n) is 2.14. The Labute approximate surface area is 127 Å². The van der Waals surface area contributed by atoms with Gasteiger partial charge >= 0.3 is 6.03 Å². The van der Waals surface area contributed by atoms with Gasteiger partial charge in [0.25, 0.3) is 0 Å². The zero-order chi connectivity index (χ0) is 14.8. The van der Waals surface area contributed by atoms with Crippen LogP contribution in [0.25, 0.3) is 0 Å². The molecule has 1 aliphatic heterocycles. The normalized spacial score (nSPS) is 15.3. The average molecular weight is 306 g/mol. The highest BCUT2D eigenvalue weighted by molar-refractivity contribution is 7.09. The Balaban J connectivity index is 1.47. The second kappa shape index (κ2) is 5.85. The van der Waals surface area contributed by atoms with Gasteiger partial charge in [-0.1, -0.05) is 25.1 Å². The number of likely N-dealkylation sites (tertiary alicyclic amines) is 1. The van der Waals surface area contributed by atoms with Crippen LogP contribution in [0.15, 0.2) is 22.0 Å². The topological polar surface area (TPSA) is 71.3 Å². The molecule has 1 fully saturated rings. The summed E-state index contributed by atoms with van der Waals surface area (Å²) in [7, 11) is 0. The Morgan fingerprint density at radius 1 is 1.57 bits per heavy atom. The van der Waals surface area contributed by atoms with Crippen LogP contribution in [-0.4, -0.2) is 34.2 Å². The van der Waals surface area contributed by atoms with Gasteiger partial charge in [0.2, 0.25) is 5.89 Å². The Hall–Kier alpha value is -1.89. The Morgan fingerprint density at radius 3 is 3.00 bits per heavy atom. The number of amides is 2. The number of hydrogen-bond acceptors (Lipinski definition) is 5. The van der Waals surface area contributed by atoms with Crippen molar-refractivity contribution in [2.75, 3.05) is 13.1 Å². The van der Waals surface area contributed by atoms with Crippen molar-refractivity contribution in [1.29, 1.82) is 0 Å². The summed E-state index contributed by atoms with van der Waals surface area (Å²) >= 11 is 1.64. The van der Waals surface area contributed by atoms with Crippen LogP contribution in [0.2, 0.25) is 0 Å². The summed E-state index contributed by atoms with van der Waals surface area (Å²) < 4.78 is 5.26. The van der Waals surface area contributed by atoms with Crippen LogP contribution < -0.4 is 5.32 Å². The van der Waals surface area contributed by atoms with E-state index in [1.54, 1.807) is 16.2 Å². The third-order valence-corrected chi connectivity index (χ3v) is 4.36. The molecule has 3 heterocycles. The maximum atomic E-state index is 12.0. The molecule has 2 aromatic rings. The third kappa shape index (κ3) is 3.07. The van der Waals surface area contributed by atoms with Crippen molar-refractivity contribution in [2.45, 2.75) is 32.2 Å². The monoisotopic (exact) mass is 306 g/mol. The Morgan fingerprint density at radius 2 is 2.38 bits per heavy atom. The molecule has 0 aliphatic carbocycles. The van der Waals surface area contributed by atoms with Gasteiger partial charge in [0.05, 0.1) is 12.5 Å². The quantitative estimate of drug-likeness (QED) is 0.942. The number of carbonyl (C=O) groups is 1. The number of nitrogens with one attached hydrogen (secondary N) is 1. The van der Waals surface area contributed by atoms with Crippen LogP contribution in [0, 0.1) is 0 Å². The molecule has 21 heavy (non-hydrogen) atoms. The molecular formula is C14H18N4O2S. The van der Waals surface area contributed by atoms with E-state index >= 15 is 0 Å². The zero-order valence-corrected chi connectivity index (χ0v) is 12.9. The lowest BCUT2D eigenvalue weighted by Crippen LogP contribution is -2.52. The standard InChI is InChI=1S/C14H18N4O2S/c1-9(2)12-16-13(20-17-12)10-7-18(8-10)14(19)15-6-11-4-3-5-21-11/h3-5,9-10H,6-8H2,1-2H3,(H,15,19). The lowest BCUT2D eigenvalue weighted by atomic mass is 10.0. The predicted molar refractivity (Wildman–Crippen MR) is 79.3 cm³/mol. The summed E-state index contributed by atoms with van der Waals surface area (Å²) in [6, 6.07) is 3.95. The summed E-state index contributed by atoms with van der Waals surface area (Å²) in [6.45, 7) is 5.90. The maximum absolute atomic E-state index is 12.0. The van der Waals surface area contributed by atoms with Crippen molar-refractivity contribution in [2.24, 2.45) is 0 Å². The Kier molecular flexibility index (Phi) is 3.92. The average Bonchev–Trinajstić information content (AvgIpc) is 3.06. The van der Waals surface area contributed by atoms with E-state index < -0.39 is 0 Å². The van der Waals surface area contributed by atoms with Crippen LogP contribution in [0.4, 0.5) is 4.79 Å². The number of rotatable bonds is 4. The van der Waals surface area contributed by atoms with Crippen molar-refractivity contribution >= 4 is 17.4 Å². The minimum atomic E-state index is -0.0387. The van der Waals surface area contributed by atoms with Gasteiger partial charge in [-0.3, -0.25) is 0 Å². The smallest absolute Gasteiger partial charge is 0.317 e.